The van der Waals surface area contributed by atoms with Gasteiger partial charge in [-0.3, -0.25) is 4.79 Å². The molecule has 0 saturated carbocycles. The molecule has 7 nitrogen and oxygen atoms in total. The van der Waals surface area contributed by atoms with Crippen molar-refractivity contribution in [1.82, 2.24) is 5.32 Å². The molecule has 0 aliphatic carbocycles. The summed E-state index contributed by atoms with van der Waals surface area (Å²) < 4.78 is 9.91. The monoisotopic (exact) mass is 351 g/mol. The lowest BCUT2D eigenvalue weighted by molar-refractivity contribution is -0.141. The normalized spacial score (nSPS) is 13.0. The van der Waals surface area contributed by atoms with E-state index in [1.807, 2.05) is 13.8 Å². The minimum absolute atomic E-state index is 0.0414. The van der Waals surface area contributed by atoms with E-state index in [2.05, 4.69) is 5.32 Å². The van der Waals surface area contributed by atoms with E-state index in [0.29, 0.717) is 17.9 Å². The van der Waals surface area contributed by atoms with Crippen molar-refractivity contribution >= 4 is 18.0 Å². The number of hydrogen-bond acceptors (Lipinski definition) is 5. The molecule has 0 unspecified atom stereocenters. The van der Waals surface area contributed by atoms with Gasteiger partial charge < -0.3 is 19.9 Å². The maximum Gasteiger partial charge on any atom is 0.410 e. The molecule has 0 bridgehead atoms. The molecular weight excluding hydrogens is 326 g/mol. The number of carboxylic acid groups (broad SMARTS) is 1. The quantitative estimate of drug-likeness (QED) is 0.524. The van der Waals surface area contributed by atoms with Crippen molar-refractivity contribution in [2.24, 2.45) is 11.8 Å². The van der Waals surface area contributed by atoms with Crippen LogP contribution >= 0.6 is 0 Å². The Morgan fingerprint density at radius 3 is 2.24 bits per heavy atom. The molecule has 25 heavy (non-hydrogen) atoms. The van der Waals surface area contributed by atoms with Crippen molar-refractivity contribution in [3.8, 4) is 0 Å². The smallest absolute Gasteiger partial charge is 0.410 e. The summed E-state index contributed by atoms with van der Waals surface area (Å²) in [4.78, 5) is 34.7. The van der Waals surface area contributed by atoms with Crippen LogP contribution in [0.4, 0.5) is 4.79 Å². The van der Waals surface area contributed by atoms with E-state index in [1.165, 1.54) is 6.92 Å². The summed E-state index contributed by atoms with van der Waals surface area (Å²) in [5.74, 6) is -1.88. The first kappa shape index (κ1) is 20.5. The fourth-order valence-electron chi connectivity index (χ4n) is 2.06. The van der Waals surface area contributed by atoms with E-state index in [9.17, 15) is 14.4 Å². The predicted octanol–water partition coefficient (Wildman–Crippen LogP) is 3.05. The van der Waals surface area contributed by atoms with Gasteiger partial charge in [-0.1, -0.05) is 38.5 Å². The van der Waals surface area contributed by atoms with Crippen LogP contribution in [0.25, 0.3) is 0 Å². The van der Waals surface area contributed by atoms with Crippen LogP contribution in [0, 0.1) is 11.8 Å². The fourth-order valence-corrected chi connectivity index (χ4v) is 2.06. The molecule has 1 rings (SSSR count). The third kappa shape index (κ3) is 8.19. The first-order chi connectivity index (χ1) is 11.8. The van der Waals surface area contributed by atoms with E-state index in [4.69, 9.17) is 14.6 Å². The number of amides is 1. The zero-order chi connectivity index (χ0) is 18.8. The minimum Gasteiger partial charge on any atom is -0.481 e. The molecule has 0 aliphatic rings. The molecule has 0 radical (unpaired) electrons. The molecule has 2 N–H and O–H groups in total. The average molecular weight is 351 g/mol. The second kappa shape index (κ2) is 10.3. The minimum atomic E-state index is -1.09. The lowest BCUT2D eigenvalue weighted by Crippen LogP contribution is -2.35. The Labute approximate surface area is 147 Å². The summed E-state index contributed by atoms with van der Waals surface area (Å²) in [6.45, 7) is 5.38. The molecule has 0 fully saturated rings. The second-order valence-corrected chi connectivity index (χ2v) is 6.13. The van der Waals surface area contributed by atoms with Crippen LogP contribution in [0.5, 0.6) is 0 Å². The SMILES string of the molecule is CC(C)CC[C@@H](CNC(=O)O[C@H](C)OC(=O)c1ccccc1)C(=O)O. The average Bonchev–Trinajstić information content (AvgIpc) is 2.54. The van der Waals surface area contributed by atoms with Gasteiger partial charge in [-0.25, -0.2) is 9.59 Å². The number of hydrogen-bond donors (Lipinski definition) is 2. The molecule has 0 aromatic heterocycles. The van der Waals surface area contributed by atoms with Crippen molar-refractivity contribution in [3.63, 3.8) is 0 Å². The highest BCUT2D eigenvalue weighted by Crippen LogP contribution is 2.12. The van der Waals surface area contributed by atoms with Gasteiger partial charge in [0.1, 0.15) is 0 Å². The highest BCUT2D eigenvalue weighted by molar-refractivity contribution is 5.89. The third-order valence-electron chi connectivity index (χ3n) is 3.49. The first-order valence-corrected chi connectivity index (χ1v) is 8.23. The van der Waals surface area contributed by atoms with E-state index >= 15 is 0 Å². The van der Waals surface area contributed by atoms with Crippen LogP contribution in [-0.4, -0.2) is 36.0 Å². The van der Waals surface area contributed by atoms with Crippen LogP contribution in [0.15, 0.2) is 30.3 Å². The van der Waals surface area contributed by atoms with Crippen LogP contribution in [0.1, 0.15) is 44.0 Å². The number of nitrogens with one attached hydrogen (secondary N) is 1. The Bertz CT molecular complexity index is 572. The number of carbonyl (C=O) groups excluding carboxylic acids is 2. The van der Waals surface area contributed by atoms with Gasteiger partial charge in [0.15, 0.2) is 0 Å². The summed E-state index contributed by atoms with van der Waals surface area (Å²) in [6.07, 6.45) is -0.708. The van der Waals surface area contributed by atoms with Crippen molar-refractivity contribution in [2.75, 3.05) is 6.54 Å². The van der Waals surface area contributed by atoms with E-state index in [1.54, 1.807) is 30.3 Å². The number of esters is 1. The lowest BCUT2D eigenvalue weighted by atomic mass is 9.98. The molecule has 1 aromatic rings. The number of aliphatic carboxylic acids is 1. The fraction of sp³-hybridized carbons (Fsp3) is 0.500. The van der Waals surface area contributed by atoms with Gasteiger partial charge in [0.25, 0.3) is 0 Å². The number of carbonyl (C=O) groups is 3. The third-order valence-corrected chi connectivity index (χ3v) is 3.49. The number of carboxylic acids is 1. The van der Waals surface area contributed by atoms with Crippen molar-refractivity contribution < 1.29 is 29.0 Å². The molecule has 138 valence electrons. The predicted molar refractivity (Wildman–Crippen MR) is 91.0 cm³/mol. The van der Waals surface area contributed by atoms with Gasteiger partial charge in [-0.05, 0) is 24.5 Å². The Balaban J connectivity index is 2.39. The molecule has 0 saturated heterocycles. The van der Waals surface area contributed by atoms with Crippen LogP contribution in [-0.2, 0) is 14.3 Å². The Hall–Kier alpha value is -2.57. The maximum absolute atomic E-state index is 11.8. The van der Waals surface area contributed by atoms with E-state index in [0.717, 1.165) is 6.42 Å². The molecule has 1 amide bonds. The van der Waals surface area contributed by atoms with Gasteiger partial charge in [0.05, 0.1) is 11.5 Å². The molecule has 1 aromatic carbocycles. The molecule has 0 spiro atoms. The number of alkyl carbamates (subject to hydrolysis) is 1. The van der Waals surface area contributed by atoms with E-state index in [-0.39, 0.29) is 6.54 Å². The summed E-state index contributed by atoms with van der Waals surface area (Å²) in [7, 11) is 0. The molecular formula is C18H25NO6. The number of rotatable bonds is 9. The maximum atomic E-state index is 11.8. The highest BCUT2D eigenvalue weighted by Gasteiger charge is 2.20. The van der Waals surface area contributed by atoms with Crippen molar-refractivity contribution in [1.29, 1.82) is 0 Å². The van der Waals surface area contributed by atoms with Gasteiger partial charge >= 0.3 is 18.0 Å². The van der Waals surface area contributed by atoms with Crippen LogP contribution < -0.4 is 5.32 Å². The zero-order valence-electron chi connectivity index (χ0n) is 14.7. The molecule has 0 aliphatic heterocycles. The van der Waals surface area contributed by atoms with E-state index < -0.39 is 30.2 Å². The summed E-state index contributed by atoms with van der Waals surface area (Å²) in [5.41, 5.74) is 0.345. The lowest BCUT2D eigenvalue weighted by Gasteiger charge is -2.17. The first-order valence-electron chi connectivity index (χ1n) is 8.23. The second-order valence-electron chi connectivity index (χ2n) is 6.13. The summed E-state index contributed by atoms with van der Waals surface area (Å²) in [5, 5.41) is 11.6. The topological polar surface area (TPSA) is 102 Å². The van der Waals surface area contributed by atoms with Gasteiger partial charge in [0.2, 0.25) is 6.29 Å². The van der Waals surface area contributed by atoms with Crippen LogP contribution in [0.3, 0.4) is 0 Å². The van der Waals surface area contributed by atoms with Crippen LogP contribution in [0.2, 0.25) is 0 Å². The number of ether oxygens (including phenoxy) is 2. The Kier molecular flexibility index (Phi) is 8.46. The Morgan fingerprint density at radius 2 is 1.68 bits per heavy atom. The standard InChI is InChI=1S/C18H25NO6/c1-12(2)9-10-15(16(20)21)11-19-18(23)25-13(3)24-17(22)14-7-5-4-6-8-14/h4-8,12-13,15H,9-11H2,1-3H3,(H,19,23)(H,20,21)/t13-,15+/m1/s1. The number of benzene rings is 1. The van der Waals surface area contributed by atoms with Crippen molar-refractivity contribution in [3.05, 3.63) is 35.9 Å². The van der Waals surface area contributed by atoms with Crippen molar-refractivity contribution in [2.45, 2.75) is 39.9 Å². The molecule has 7 heteroatoms. The largest absolute Gasteiger partial charge is 0.481 e. The molecule has 2 atom stereocenters. The molecule has 0 heterocycles. The summed E-state index contributed by atoms with van der Waals surface area (Å²) in [6, 6.07) is 8.32. The summed E-state index contributed by atoms with van der Waals surface area (Å²) >= 11 is 0. The highest BCUT2D eigenvalue weighted by atomic mass is 16.7. The van der Waals surface area contributed by atoms with Gasteiger partial charge in [0, 0.05) is 13.5 Å². The Morgan fingerprint density at radius 1 is 1.04 bits per heavy atom. The van der Waals surface area contributed by atoms with Gasteiger partial charge in [-0.15, -0.1) is 0 Å². The zero-order valence-corrected chi connectivity index (χ0v) is 14.7. The van der Waals surface area contributed by atoms with Gasteiger partial charge in [-0.2, -0.15) is 0 Å².